The maximum absolute atomic E-state index is 5.71. The zero-order chi connectivity index (χ0) is 9.42. The van der Waals surface area contributed by atoms with Gasteiger partial charge in [0.05, 0.1) is 11.9 Å². The summed E-state index contributed by atoms with van der Waals surface area (Å²) in [5.41, 5.74) is 6.61. The smallest absolute Gasteiger partial charge is 0.212 e. The summed E-state index contributed by atoms with van der Waals surface area (Å²) < 4.78 is 1.81. The first-order chi connectivity index (χ1) is 6.20. The number of hydrogen-bond donors (Lipinski definition) is 1. The molecule has 0 saturated carbocycles. The van der Waals surface area contributed by atoms with Gasteiger partial charge in [0.15, 0.2) is 0 Å². The van der Waals surface area contributed by atoms with Crippen molar-refractivity contribution in [3.63, 3.8) is 0 Å². The normalized spacial score (nSPS) is 13.8. The fraction of sp³-hybridized carbons (Fsp3) is 0.500. The van der Waals surface area contributed by atoms with E-state index in [4.69, 9.17) is 5.73 Å². The molecule has 0 aromatic carbocycles. The molecular formula is C8H12N4S. The van der Waals surface area contributed by atoms with Gasteiger partial charge in [0, 0.05) is 6.04 Å². The van der Waals surface area contributed by atoms with Crippen LogP contribution in [0.3, 0.4) is 0 Å². The molecule has 1 unspecified atom stereocenters. The molecule has 70 valence electrons. The Morgan fingerprint density at radius 3 is 3.00 bits per heavy atom. The van der Waals surface area contributed by atoms with Crippen molar-refractivity contribution in [2.24, 2.45) is 5.73 Å². The average molecular weight is 196 g/mol. The van der Waals surface area contributed by atoms with Crippen molar-refractivity contribution in [2.75, 3.05) is 0 Å². The Labute approximate surface area is 80.4 Å². The highest BCUT2D eigenvalue weighted by Gasteiger charge is 2.09. The molecule has 0 bridgehead atoms. The van der Waals surface area contributed by atoms with E-state index in [1.807, 2.05) is 17.6 Å². The fourth-order valence-corrected chi connectivity index (χ4v) is 1.94. The molecule has 2 heterocycles. The van der Waals surface area contributed by atoms with E-state index in [1.54, 1.807) is 11.3 Å². The Kier molecular flexibility index (Phi) is 2.05. The lowest BCUT2D eigenvalue weighted by atomic mass is 10.3. The topological polar surface area (TPSA) is 56.2 Å². The van der Waals surface area contributed by atoms with Crippen molar-refractivity contribution < 1.29 is 0 Å². The predicted octanol–water partition coefficient (Wildman–Crippen LogP) is 1.37. The van der Waals surface area contributed by atoms with Gasteiger partial charge in [-0.1, -0.05) is 18.3 Å². The van der Waals surface area contributed by atoms with E-state index in [2.05, 4.69) is 17.0 Å². The second kappa shape index (κ2) is 3.08. The minimum absolute atomic E-state index is 0.0148. The number of hydrogen-bond acceptors (Lipinski definition) is 4. The van der Waals surface area contributed by atoms with Crippen LogP contribution in [0.1, 0.15) is 30.6 Å². The molecule has 2 aromatic heterocycles. The lowest BCUT2D eigenvalue weighted by molar-refractivity contribution is 0.786. The third-order valence-electron chi connectivity index (χ3n) is 1.87. The third-order valence-corrected chi connectivity index (χ3v) is 2.94. The first-order valence-electron chi connectivity index (χ1n) is 4.31. The minimum atomic E-state index is -0.0148. The van der Waals surface area contributed by atoms with Crippen molar-refractivity contribution >= 4 is 16.3 Å². The molecule has 5 heteroatoms. The van der Waals surface area contributed by atoms with Crippen molar-refractivity contribution in [2.45, 2.75) is 26.3 Å². The third kappa shape index (κ3) is 1.45. The zero-order valence-corrected chi connectivity index (χ0v) is 8.51. The first kappa shape index (κ1) is 8.65. The van der Waals surface area contributed by atoms with Crippen LogP contribution in [0, 0.1) is 0 Å². The van der Waals surface area contributed by atoms with E-state index in [0.717, 1.165) is 22.1 Å². The van der Waals surface area contributed by atoms with Gasteiger partial charge in [0.2, 0.25) is 4.96 Å². The highest BCUT2D eigenvalue weighted by Crippen LogP contribution is 2.17. The summed E-state index contributed by atoms with van der Waals surface area (Å²) in [5.74, 6) is 0. The molecule has 2 rings (SSSR count). The van der Waals surface area contributed by atoms with E-state index >= 15 is 0 Å². The Morgan fingerprint density at radius 2 is 2.46 bits per heavy atom. The molecule has 0 saturated heterocycles. The highest BCUT2D eigenvalue weighted by molar-refractivity contribution is 7.16. The fourth-order valence-electron chi connectivity index (χ4n) is 1.12. The summed E-state index contributed by atoms with van der Waals surface area (Å²) in [6.45, 7) is 4.01. The Morgan fingerprint density at radius 1 is 1.69 bits per heavy atom. The van der Waals surface area contributed by atoms with E-state index < -0.39 is 0 Å². The van der Waals surface area contributed by atoms with E-state index in [-0.39, 0.29) is 6.04 Å². The molecule has 2 aromatic rings. The molecule has 4 nitrogen and oxygen atoms in total. The predicted molar refractivity (Wildman–Crippen MR) is 52.8 cm³/mol. The van der Waals surface area contributed by atoms with Gasteiger partial charge in [0.1, 0.15) is 5.01 Å². The SMILES string of the molecule is CCc1nn2cc(C(C)N)nc2s1. The number of fused-ring (bicyclic) bond motifs is 1. The second-order valence-electron chi connectivity index (χ2n) is 3.03. The van der Waals surface area contributed by atoms with Crippen LogP contribution in [0.15, 0.2) is 6.20 Å². The number of imidazole rings is 1. The van der Waals surface area contributed by atoms with Crippen LogP contribution in [0.2, 0.25) is 0 Å². The van der Waals surface area contributed by atoms with Crippen molar-refractivity contribution in [3.05, 3.63) is 16.9 Å². The zero-order valence-electron chi connectivity index (χ0n) is 7.69. The summed E-state index contributed by atoms with van der Waals surface area (Å²) in [7, 11) is 0. The van der Waals surface area contributed by atoms with E-state index in [1.165, 1.54) is 0 Å². The largest absolute Gasteiger partial charge is 0.323 e. The van der Waals surface area contributed by atoms with Crippen LogP contribution in [0.5, 0.6) is 0 Å². The van der Waals surface area contributed by atoms with Crippen LogP contribution >= 0.6 is 11.3 Å². The monoisotopic (exact) mass is 196 g/mol. The van der Waals surface area contributed by atoms with Gasteiger partial charge in [-0.2, -0.15) is 5.10 Å². The van der Waals surface area contributed by atoms with E-state index in [9.17, 15) is 0 Å². The van der Waals surface area contributed by atoms with Crippen molar-refractivity contribution in [1.29, 1.82) is 0 Å². The molecule has 1 atom stereocenters. The summed E-state index contributed by atoms with van der Waals surface area (Å²) in [4.78, 5) is 5.31. The van der Waals surface area contributed by atoms with Gasteiger partial charge in [-0.3, -0.25) is 0 Å². The van der Waals surface area contributed by atoms with Gasteiger partial charge >= 0.3 is 0 Å². The molecule has 0 aliphatic rings. The number of rotatable bonds is 2. The molecule has 0 aliphatic heterocycles. The maximum Gasteiger partial charge on any atom is 0.212 e. The second-order valence-corrected chi connectivity index (χ2v) is 4.07. The standard InChI is InChI=1S/C8H12N4S/c1-3-7-11-12-4-6(5(2)9)10-8(12)13-7/h4-5H,3,9H2,1-2H3. The molecule has 0 radical (unpaired) electrons. The first-order valence-corrected chi connectivity index (χ1v) is 5.13. The quantitative estimate of drug-likeness (QED) is 0.789. The molecule has 0 aliphatic carbocycles. The van der Waals surface area contributed by atoms with Crippen LogP contribution in [0.4, 0.5) is 0 Å². The van der Waals surface area contributed by atoms with Crippen LogP contribution in [-0.2, 0) is 6.42 Å². The molecule has 0 fully saturated rings. The van der Waals surface area contributed by atoms with Gasteiger partial charge in [-0.05, 0) is 13.3 Å². The summed E-state index contributed by atoms with van der Waals surface area (Å²) in [6.07, 6.45) is 2.86. The van der Waals surface area contributed by atoms with Crippen molar-refractivity contribution in [3.8, 4) is 0 Å². The Bertz CT molecular complexity index is 383. The Hall–Kier alpha value is -0.940. The summed E-state index contributed by atoms with van der Waals surface area (Å²) in [5, 5.41) is 5.46. The Balaban J connectivity index is 2.48. The van der Waals surface area contributed by atoms with Gasteiger partial charge < -0.3 is 5.73 Å². The molecule has 2 N–H and O–H groups in total. The molecule has 0 amide bonds. The van der Waals surface area contributed by atoms with Gasteiger partial charge in [-0.15, -0.1) is 0 Å². The molecular weight excluding hydrogens is 184 g/mol. The number of aryl methyl sites for hydroxylation is 1. The van der Waals surface area contributed by atoms with Crippen LogP contribution < -0.4 is 5.73 Å². The average Bonchev–Trinajstić information content (AvgIpc) is 2.58. The maximum atomic E-state index is 5.71. The summed E-state index contributed by atoms with van der Waals surface area (Å²) >= 11 is 1.62. The number of nitrogens with two attached hydrogens (primary N) is 1. The number of aromatic nitrogens is 3. The highest BCUT2D eigenvalue weighted by atomic mass is 32.1. The number of nitrogens with zero attached hydrogens (tertiary/aromatic N) is 3. The molecule has 13 heavy (non-hydrogen) atoms. The molecule has 0 spiro atoms. The summed E-state index contributed by atoms with van der Waals surface area (Å²) in [6, 6.07) is -0.0148. The minimum Gasteiger partial charge on any atom is -0.323 e. The lowest BCUT2D eigenvalue weighted by Gasteiger charge is -1.95. The van der Waals surface area contributed by atoms with Gasteiger partial charge in [-0.25, -0.2) is 9.50 Å². The lowest BCUT2D eigenvalue weighted by Crippen LogP contribution is -2.04. The van der Waals surface area contributed by atoms with Gasteiger partial charge in [0.25, 0.3) is 0 Å². The van der Waals surface area contributed by atoms with Crippen LogP contribution in [0.25, 0.3) is 4.96 Å². The van der Waals surface area contributed by atoms with Crippen molar-refractivity contribution in [1.82, 2.24) is 14.6 Å². The van der Waals surface area contributed by atoms with E-state index in [0.29, 0.717) is 0 Å². The van der Waals surface area contributed by atoms with Crippen LogP contribution in [-0.4, -0.2) is 14.6 Å².